The highest BCUT2D eigenvalue weighted by atomic mass is 79.9. The Labute approximate surface area is 116 Å². The first-order valence-electron chi connectivity index (χ1n) is 6.08. The maximum absolute atomic E-state index is 11.8. The molecule has 100 valence electrons. The van der Waals surface area contributed by atoms with Crippen LogP contribution < -0.4 is 4.72 Å². The number of sulfonamides is 1. The van der Waals surface area contributed by atoms with Gasteiger partial charge in [-0.1, -0.05) is 22.0 Å². The topological polar surface area (TPSA) is 59.1 Å². The summed E-state index contributed by atoms with van der Waals surface area (Å²) >= 11 is 3.51. The van der Waals surface area contributed by atoms with Gasteiger partial charge in [-0.25, -0.2) is 13.1 Å². The number of aryl methyl sites for hydroxylation is 1. The third-order valence-corrected chi connectivity index (χ3v) is 5.40. The SMILES string of the molecule is O=S(=O)(CCc1ccccn1)NCC(Br)C1CC1. The zero-order valence-corrected chi connectivity index (χ0v) is 12.5. The zero-order chi connectivity index (χ0) is 13.0. The summed E-state index contributed by atoms with van der Waals surface area (Å²) in [5.41, 5.74) is 0.806. The first-order valence-corrected chi connectivity index (χ1v) is 8.65. The van der Waals surface area contributed by atoms with Gasteiger partial charge in [0.05, 0.1) is 5.75 Å². The average molecular weight is 333 g/mol. The molecule has 1 unspecified atom stereocenters. The Kier molecular flexibility index (Phi) is 4.75. The van der Waals surface area contributed by atoms with Gasteiger partial charge < -0.3 is 0 Å². The molecule has 1 aliphatic rings. The Morgan fingerprint density at radius 1 is 1.44 bits per heavy atom. The van der Waals surface area contributed by atoms with Crippen molar-refractivity contribution in [2.75, 3.05) is 12.3 Å². The molecule has 0 bridgehead atoms. The van der Waals surface area contributed by atoms with Crippen molar-refractivity contribution in [3.8, 4) is 0 Å². The molecule has 0 aliphatic heterocycles. The predicted molar refractivity (Wildman–Crippen MR) is 75.2 cm³/mol. The normalized spacial score (nSPS) is 17.6. The number of hydrogen-bond donors (Lipinski definition) is 1. The van der Waals surface area contributed by atoms with Gasteiger partial charge in [-0.05, 0) is 30.9 Å². The van der Waals surface area contributed by atoms with Crippen LogP contribution in [0.25, 0.3) is 0 Å². The molecule has 0 amide bonds. The van der Waals surface area contributed by atoms with Crippen molar-refractivity contribution < 1.29 is 8.42 Å². The minimum absolute atomic E-state index is 0.0917. The molecule has 1 aromatic rings. The van der Waals surface area contributed by atoms with Crippen LogP contribution in [-0.2, 0) is 16.4 Å². The van der Waals surface area contributed by atoms with E-state index in [4.69, 9.17) is 0 Å². The zero-order valence-electron chi connectivity index (χ0n) is 10.0. The van der Waals surface area contributed by atoms with Gasteiger partial charge in [0.1, 0.15) is 0 Å². The van der Waals surface area contributed by atoms with Gasteiger partial charge in [0.25, 0.3) is 0 Å². The van der Waals surface area contributed by atoms with E-state index in [1.54, 1.807) is 6.20 Å². The van der Waals surface area contributed by atoms with Gasteiger partial charge in [-0.3, -0.25) is 4.98 Å². The highest BCUT2D eigenvalue weighted by Crippen LogP contribution is 2.36. The highest BCUT2D eigenvalue weighted by molar-refractivity contribution is 9.09. The van der Waals surface area contributed by atoms with Crippen LogP contribution in [-0.4, -0.2) is 30.5 Å². The third kappa shape index (κ3) is 4.66. The van der Waals surface area contributed by atoms with Crippen molar-refractivity contribution in [2.24, 2.45) is 5.92 Å². The van der Waals surface area contributed by atoms with Gasteiger partial charge in [-0.2, -0.15) is 0 Å². The summed E-state index contributed by atoms with van der Waals surface area (Å²) in [7, 11) is -3.20. The lowest BCUT2D eigenvalue weighted by Crippen LogP contribution is -2.32. The average Bonchev–Trinajstić information content (AvgIpc) is 3.19. The van der Waals surface area contributed by atoms with Crippen molar-refractivity contribution in [3.05, 3.63) is 30.1 Å². The van der Waals surface area contributed by atoms with Crippen LogP contribution in [0.3, 0.4) is 0 Å². The van der Waals surface area contributed by atoms with Crippen LogP contribution in [0.2, 0.25) is 0 Å². The fourth-order valence-corrected chi connectivity index (χ4v) is 3.65. The molecular weight excluding hydrogens is 316 g/mol. The molecule has 1 N–H and O–H groups in total. The molecule has 1 aromatic heterocycles. The summed E-state index contributed by atoms with van der Waals surface area (Å²) in [5, 5.41) is 0. The van der Waals surface area contributed by atoms with Crippen LogP contribution in [0.15, 0.2) is 24.4 Å². The number of rotatable bonds is 7. The van der Waals surface area contributed by atoms with Crippen LogP contribution in [0.4, 0.5) is 0 Å². The van der Waals surface area contributed by atoms with Crippen LogP contribution >= 0.6 is 15.9 Å². The number of pyridine rings is 1. The lowest BCUT2D eigenvalue weighted by Gasteiger charge is -2.10. The second-order valence-corrected chi connectivity index (χ2v) is 7.69. The Balaban J connectivity index is 1.76. The standard InChI is InChI=1S/C12H17BrN2O2S/c13-12(10-4-5-10)9-15-18(16,17)8-6-11-3-1-2-7-14-11/h1-3,7,10,12,15H,4-6,8-9H2. The molecular formula is C12H17BrN2O2S. The molecule has 1 heterocycles. The van der Waals surface area contributed by atoms with Gasteiger partial charge >= 0.3 is 0 Å². The van der Waals surface area contributed by atoms with Crippen molar-refractivity contribution in [3.63, 3.8) is 0 Å². The van der Waals surface area contributed by atoms with Crippen molar-refractivity contribution in [1.82, 2.24) is 9.71 Å². The first-order chi connectivity index (χ1) is 8.57. The van der Waals surface area contributed by atoms with E-state index in [0.717, 1.165) is 5.69 Å². The fourth-order valence-electron chi connectivity index (χ4n) is 1.69. The highest BCUT2D eigenvalue weighted by Gasteiger charge is 2.29. The van der Waals surface area contributed by atoms with Crippen molar-refractivity contribution in [1.29, 1.82) is 0 Å². The molecule has 0 radical (unpaired) electrons. The lowest BCUT2D eigenvalue weighted by atomic mass is 10.3. The van der Waals surface area contributed by atoms with E-state index in [1.807, 2.05) is 18.2 Å². The molecule has 18 heavy (non-hydrogen) atoms. The maximum atomic E-state index is 11.8. The van der Waals surface area contributed by atoms with Gasteiger partial charge in [-0.15, -0.1) is 0 Å². The molecule has 0 aromatic carbocycles. The van der Waals surface area contributed by atoms with E-state index in [9.17, 15) is 8.42 Å². The van der Waals surface area contributed by atoms with E-state index in [1.165, 1.54) is 12.8 Å². The molecule has 0 spiro atoms. The number of alkyl halides is 1. The summed E-state index contributed by atoms with van der Waals surface area (Å²) in [5.74, 6) is 0.734. The smallest absolute Gasteiger partial charge is 0.212 e. The second kappa shape index (κ2) is 6.12. The first kappa shape index (κ1) is 14.0. The summed E-state index contributed by atoms with van der Waals surface area (Å²) in [6, 6.07) is 5.53. The minimum atomic E-state index is -3.20. The predicted octanol–water partition coefficient (Wildman–Crippen LogP) is 1.72. The number of nitrogens with zero attached hydrogens (tertiary/aromatic N) is 1. The summed E-state index contributed by atoms with van der Waals surface area (Å²) in [6.07, 6.45) is 4.53. The molecule has 0 saturated heterocycles. The minimum Gasteiger partial charge on any atom is -0.261 e. The molecule has 1 saturated carbocycles. The lowest BCUT2D eigenvalue weighted by molar-refractivity contribution is 0.576. The van der Waals surface area contributed by atoms with E-state index in [-0.39, 0.29) is 10.6 Å². The third-order valence-electron chi connectivity index (χ3n) is 2.98. The largest absolute Gasteiger partial charge is 0.261 e. The van der Waals surface area contributed by atoms with Crippen LogP contribution in [0, 0.1) is 5.92 Å². The van der Waals surface area contributed by atoms with E-state index in [2.05, 4.69) is 25.6 Å². The molecule has 1 atom stereocenters. The number of aromatic nitrogens is 1. The molecule has 1 aliphatic carbocycles. The Morgan fingerprint density at radius 2 is 2.22 bits per heavy atom. The van der Waals surface area contributed by atoms with E-state index >= 15 is 0 Å². The molecule has 2 rings (SSSR count). The van der Waals surface area contributed by atoms with Crippen LogP contribution in [0.1, 0.15) is 18.5 Å². The molecule has 4 nitrogen and oxygen atoms in total. The van der Waals surface area contributed by atoms with Gasteiger partial charge in [0.15, 0.2) is 0 Å². The second-order valence-electron chi connectivity index (χ2n) is 4.59. The number of hydrogen-bond acceptors (Lipinski definition) is 3. The fraction of sp³-hybridized carbons (Fsp3) is 0.583. The van der Waals surface area contributed by atoms with E-state index < -0.39 is 10.0 Å². The van der Waals surface area contributed by atoms with Gasteiger partial charge in [0.2, 0.25) is 10.0 Å². The summed E-state index contributed by atoms with van der Waals surface area (Å²) in [4.78, 5) is 4.38. The van der Waals surface area contributed by atoms with Gasteiger partial charge in [0, 0.05) is 29.7 Å². The maximum Gasteiger partial charge on any atom is 0.212 e. The summed E-state index contributed by atoms with van der Waals surface area (Å²) < 4.78 is 26.2. The Bertz CT molecular complexity index is 474. The Morgan fingerprint density at radius 3 is 2.83 bits per heavy atom. The van der Waals surface area contributed by atoms with Crippen molar-refractivity contribution in [2.45, 2.75) is 24.1 Å². The van der Waals surface area contributed by atoms with Crippen molar-refractivity contribution >= 4 is 26.0 Å². The molecule has 6 heteroatoms. The van der Waals surface area contributed by atoms with Crippen LogP contribution in [0.5, 0.6) is 0 Å². The summed E-state index contributed by atoms with van der Waals surface area (Å²) in [6.45, 7) is 0.481. The molecule has 1 fully saturated rings. The van der Waals surface area contributed by atoms with E-state index in [0.29, 0.717) is 18.9 Å². The monoisotopic (exact) mass is 332 g/mol. The Hall–Kier alpha value is -0.460. The number of halogens is 1. The number of nitrogens with one attached hydrogen (secondary N) is 1. The quantitative estimate of drug-likeness (QED) is 0.773.